The zero-order valence-corrected chi connectivity index (χ0v) is 23.6. The second-order valence-corrected chi connectivity index (χ2v) is 10.6. The molecule has 2 aliphatic carbocycles. The van der Waals surface area contributed by atoms with Crippen molar-refractivity contribution < 1.29 is 33.3 Å². The van der Waals surface area contributed by atoms with Crippen molar-refractivity contribution in [3.63, 3.8) is 0 Å². The van der Waals surface area contributed by atoms with Gasteiger partial charge in [0.15, 0.2) is 17.3 Å². The lowest BCUT2D eigenvalue weighted by atomic mass is 9.68. The summed E-state index contributed by atoms with van der Waals surface area (Å²) in [4.78, 5) is 27.8. The fourth-order valence-electron chi connectivity index (χ4n) is 6.33. The van der Waals surface area contributed by atoms with E-state index >= 15 is 0 Å². The molecule has 1 heterocycles. The largest absolute Gasteiger partial charge is 0.497 e. The van der Waals surface area contributed by atoms with Crippen LogP contribution in [-0.2, 0) is 14.3 Å². The molecule has 40 heavy (non-hydrogen) atoms. The van der Waals surface area contributed by atoms with E-state index in [2.05, 4.69) is 11.9 Å². The first-order valence-corrected chi connectivity index (χ1v) is 13.7. The summed E-state index contributed by atoms with van der Waals surface area (Å²) in [5.74, 6) is 0.519. The number of Topliss-reactive ketones (excluding diaryl/α,β-unsaturated/α-hetero) is 1. The Balaban J connectivity index is 1.58. The summed E-state index contributed by atoms with van der Waals surface area (Å²) >= 11 is 0. The zero-order valence-electron chi connectivity index (χ0n) is 23.6. The summed E-state index contributed by atoms with van der Waals surface area (Å²) in [7, 11) is 6.36. The van der Waals surface area contributed by atoms with Gasteiger partial charge in [-0.05, 0) is 73.9 Å². The summed E-state index contributed by atoms with van der Waals surface area (Å²) in [6.45, 7) is 4.26. The van der Waals surface area contributed by atoms with Crippen molar-refractivity contribution in [2.24, 2.45) is 5.92 Å². The topological polar surface area (TPSA) is 92.3 Å². The van der Waals surface area contributed by atoms with Crippen LogP contribution in [0.5, 0.6) is 23.0 Å². The molecule has 1 aliphatic heterocycles. The van der Waals surface area contributed by atoms with Crippen LogP contribution < -0.4 is 24.3 Å². The first-order valence-electron chi connectivity index (χ1n) is 13.7. The molecule has 3 atom stereocenters. The molecule has 2 aromatic carbocycles. The van der Waals surface area contributed by atoms with Gasteiger partial charge < -0.3 is 29.0 Å². The van der Waals surface area contributed by atoms with Crippen LogP contribution >= 0.6 is 0 Å². The molecule has 1 fully saturated rings. The molecule has 2 aromatic rings. The molecule has 0 saturated heterocycles. The van der Waals surface area contributed by atoms with Crippen LogP contribution in [0, 0.1) is 5.92 Å². The number of hydrogen-bond acceptors (Lipinski definition) is 8. The molecule has 3 unspecified atom stereocenters. The van der Waals surface area contributed by atoms with Crippen molar-refractivity contribution in [2.45, 2.75) is 56.5 Å². The van der Waals surface area contributed by atoms with Gasteiger partial charge in [0.1, 0.15) is 23.5 Å². The van der Waals surface area contributed by atoms with Gasteiger partial charge in [-0.3, -0.25) is 9.59 Å². The third kappa shape index (κ3) is 5.15. The summed E-state index contributed by atoms with van der Waals surface area (Å²) in [6, 6.07) is 11.2. The van der Waals surface area contributed by atoms with Crippen LogP contribution in [0.4, 0.5) is 0 Å². The summed E-state index contributed by atoms with van der Waals surface area (Å²) in [5, 5.41) is 3.36. The second kappa shape index (κ2) is 11.7. The molecule has 0 amide bonds. The molecule has 3 aliphatic rings. The molecule has 0 spiro atoms. The van der Waals surface area contributed by atoms with E-state index in [-0.39, 0.29) is 30.2 Å². The first-order chi connectivity index (χ1) is 19.4. The van der Waals surface area contributed by atoms with Crippen molar-refractivity contribution in [1.82, 2.24) is 5.32 Å². The first kappa shape index (κ1) is 27.6. The van der Waals surface area contributed by atoms with Gasteiger partial charge in [-0.25, -0.2) is 0 Å². The lowest BCUT2D eigenvalue weighted by Gasteiger charge is -2.40. The van der Waals surface area contributed by atoms with E-state index in [0.29, 0.717) is 46.3 Å². The number of allylic oxidation sites excluding steroid dienone is 2. The number of methoxy groups -OCH3 is 4. The van der Waals surface area contributed by atoms with E-state index in [9.17, 15) is 9.59 Å². The van der Waals surface area contributed by atoms with E-state index < -0.39 is 11.8 Å². The van der Waals surface area contributed by atoms with E-state index in [1.165, 1.54) is 0 Å². The molecule has 5 rings (SSSR count). The SMILES string of the molecule is C=C1NC2=C(C(=O)CC(c3ccc(OC)c(OC)c3)C2)C(c2cc(OC)ccc2OC)C1C(=O)OC1CCCC1. The van der Waals surface area contributed by atoms with Gasteiger partial charge in [0, 0.05) is 34.9 Å². The van der Waals surface area contributed by atoms with Crippen molar-refractivity contribution >= 4 is 11.8 Å². The van der Waals surface area contributed by atoms with Gasteiger partial charge in [0.05, 0.1) is 28.4 Å². The standard InChI is InChI=1S/C32H37NO7/c1-18-29(32(35)40-21-8-6-7-9-21)30(23-17-22(36-2)11-13-26(23)37-3)31-24(33-18)14-20(15-25(31)34)19-10-12-27(38-4)28(16-19)39-5/h10-13,16-17,20-21,29-30,33H,1,6-9,14-15H2,2-5H3. The van der Waals surface area contributed by atoms with E-state index in [0.717, 1.165) is 36.9 Å². The number of esters is 1. The Morgan fingerprint density at radius 2 is 1.57 bits per heavy atom. The Kier molecular flexibility index (Phi) is 8.05. The maximum Gasteiger partial charge on any atom is 0.316 e. The Hall–Kier alpha value is -3.94. The predicted molar refractivity (Wildman–Crippen MR) is 150 cm³/mol. The monoisotopic (exact) mass is 547 g/mol. The van der Waals surface area contributed by atoms with Crippen molar-refractivity contribution in [1.29, 1.82) is 0 Å². The van der Waals surface area contributed by atoms with Crippen LogP contribution in [0.3, 0.4) is 0 Å². The average molecular weight is 548 g/mol. The van der Waals surface area contributed by atoms with E-state index in [1.54, 1.807) is 40.6 Å². The maximum absolute atomic E-state index is 14.0. The number of nitrogens with one attached hydrogen (secondary N) is 1. The molecule has 0 bridgehead atoms. The third-order valence-corrected chi connectivity index (χ3v) is 8.33. The zero-order chi connectivity index (χ0) is 28.4. The number of carbonyl (C=O) groups is 2. The molecule has 1 saturated carbocycles. The molecule has 8 nitrogen and oxygen atoms in total. The molecule has 0 aromatic heterocycles. The third-order valence-electron chi connectivity index (χ3n) is 8.33. The Morgan fingerprint density at radius 3 is 2.25 bits per heavy atom. The Labute approximate surface area is 235 Å². The maximum atomic E-state index is 14.0. The van der Waals surface area contributed by atoms with Crippen LogP contribution in [-0.4, -0.2) is 46.3 Å². The fraction of sp³-hybridized carbons (Fsp3) is 0.438. The lowest BCUT2D eigenvalue weighted by molar-refractivity contribution is -0.153. The number of carbonyl (C=O) groups excluding carboxylic acids is 2. The number of ether oxygens (including phenoxy) is 5. The summed E-state index contributed by atoms with van der Waals surface area (Å²) in [6.07, 6.45) is 4.54. The highest BCUT2D eigenvalue weighted by molar-refractivity contribution is 6.01. The van der Waals surface area contributed by atoms with E-state index in [1.807, 2.05) is 24.3 Å². The van der Waals surface area contributed by atoms with Gasteiger partial charge >= 0.3 is 5.97 Å². The summed E-state index contributed by atoms with van der Waals surface area (Å²) in [5.41, 5.74) is 3.52. The number of benzene rings is 2. The second-order valence-electron chi connectivity index (χ2n) is 10.6. The van der Waals surface area contributed by atoms with E-state index in [4.69, 9.17) is 23.7 Å². The number of rotatable bonds is 8. The van der Waals surface area contributed by atoms with Gasteiger partial charge in [0.25, 0.3) is 0 Å². The highest BCUT2D eigenvalue weighted by atomic mass is 16.5. The molecule has 8 heteroatoms. The van der Waals surface area contributed by atoms with Crippen LogP contribution in [0.15, 0.2) is 59.9 Å². The lowest BCUT2D eigenvalue weighted by Crippen LogP contribution is -2.42. The molecule has 0 radical (unpaired) electrons. The van der Waals surface area contributed by atoms with Crippen molar-refractivity contribution in [3.05, 3.63) is 71.1 Å². The van der Waals surface area contributed by atoms with Gasteiger partial charge in [0.2, 0.25) is 0 Å². The van der Waals surface area contributed by atoms with Crippen LogP contribution in [0.25, 0.3) is 0 Å². The Morgan fingerprint density at radius 1 is 0.875 bits per heavy atom. The minimum absolute atomic E-state index is 0.0328. The number of ketones is 1. The highest BCUT2D eigenvalue weighted by Gasteiger charge is 2.47. The van der Waals surface area contributed by atoms with Crippen molar-refractivity contribution in [2.75, 3.05) is 28.4 Å². The molecule has 212 valence electrons. The van der Waals surface area contributed by atoms with Crippen molar-refractivity contribution in [3.8, 4) is 23.0 Å². The molecule has 1 N–H and O–H groups in total. The van der Waals surface area contributed by atoms with Gasteiger partial charge in [-0.1, -0.05) is 12.6 Å². The smallest absolute Gasteiger partial charge is 0.316 e. The highest BCUT2D eigenvalue weighted by Crippen LogP contribution is 2.50. The average Bonchev–Trinajstić information content (AvgIpc) is 3.48. The quantitative estimate of drug-likeness (QED) is 0.438. The van der Waals surface area contributed by atoms with Gasteiger partial charge in [-0.2, -0.15) is 0 Å². The van der Waals surface area contributed by atoms with Crippen LogP contribution in [0.2, 0.25) is 0 Å². The fourth-order valence-corrected chi connectivity index (χ4v) is 6.33. The molecular formula is C32H37NO7. The van der Waals surface area contributed by atoms with Crippen LogP contribution in [0.1, 0.15) is 61.5 Å². The van der Waals surface area contributed by atoms with Gasteiger partial charge in [-0.15, -0.1) is 0 Å². The predicted octanol–water partition coefficient (Wildman–Crippen LogP) is 5.42. The molecular weight excluding hydrogens is 510 g/mol. The Bertz CT molecular complexity index is 1340. The minimum Gasteiger partial charge on any atom is -0.497 e. The normalized spacial score (nSPS) is 22.9. The summed E-state index contributed by atoms with van der Waals surface area (Å²) < 4.78 is 28.1. The minimum atomic E-state index is -0.790. The number of hydrogen-bond donors (Lipinski definition) is 1.